The van der Waals surface area contributed by atoms with Gasteiger partial charge in [-0.2, -0.15) is 0 Å². The predicted molar refractivity (Wildman–Crippen MR) is 94.5 cm³/mol. The van der Waals surface area contributed by atoms with Gasteiger partial charge in [0.2, 0.25) is 0 Å². The SMILES string of the molecule is CN[C@]1(c2nc3ccc(/C=C/C(=O)OC)cc3[nH]2)CN(C)C[C@H]1C. The number of likely N-dealkylation sites (N-methyl/N-ethyl adjacent to an activating group) is 2. The minimum absolute atomic E-state index is 0.171. The molecule has 24 heavy (non-hydrogen) atoms. The lowest BCUT2D eigenvalue weighted by Crippen LogP contribution is -2.47. The molecule has 2 atom stereocenters. The van der Waals surface area contributed by atoms with E-state index in [2.05, 4.69) is 33.9 Å². The van der Waals surface area contributed by atoms with Crippen molar-refractivity contribution in [2.45, 2.75) is 12.5 Å². The van der Waals surface area contributed by atoms with Gasteiger partial charge in [0.1, 0.15) is 5.82 Å². The summed E-state index contributed by atoms with van der Waals surface area (Å²) in [6, 6.07) is 5.92. The molecule has 1 aromatic carbocycles. The second-order valence-electron chi connectivity index (χ2n) is 6.54. The van der Waals surface area contributed by atoms with Gasteiger partial charge in [0, 0.05) is 19.2 Å². The van der Waals surface area contributed by atoms with Gasteiger partial charge in [-0.25, -0.2) is 9.78 Å². The molecule has 0 aliphatic carbocycles. The molecule has 128 valence electrons. The van der Waals surface area contributed by atoms with Crippen LogP contribution in [0, 0.1) is 5.92 Å². The van der Waals surface area contributed by atoms with Crippen molar-refractivity contribution in [3.63, 3.8) is 0 Å². The molecule has 1 saturated heterocycles. The Morgan fingerprint density at radius 3 is 2.96 bits per heavy atom. The maximum absolute atomic E-state index is 11.2. The number of nitrogens with one attached hydrogen (secondary N) is 2. The molecule has 2 N–H and O–H groups in total. The van der Waals surface area contributed by atoms with Crippen LogP contribution in [0.25, 0.3) is 17.1 Å². The van der Waals surface area contributed by atoms with E-state index in [0.717, 1.165) is 35.5 Å². The summed E-state index contributed by atoms with van der Waals surface area (Å²) in [6.45, 7) is 4.20. The van der Waals surface area contributed by atoms with E-state index in [4.69, 9.17) is 4.98 Å². The summed E-state index contributed by atoms with van der Waals surface area (Å²) in [7, 11) is 5.50. The van der Waals surface area contributed by atoms with Crippen LogP contribution in [0.3, 0.4) is 0 Å². The van der Waals surface area contributed by atoms with Gasteiger partial charge in [-0.05, 0) is 43.8 Å². The molecule has 1 aromatic heterocycles. The molecule has 0 bridgehead atoms. The second kappa shape index (κ2) is 6.37. The predicted octanol–water partition coefficient (Wildman–Crippen LogP) is 1.75. The van der Waals surface area contributed by atoms with Crippen LogP contribution in [-0.2, 0) is 15.1 Å². The molecular weight excluding hydrogens is 304 g/mol. The average molecular weight is 328 g/mol. The summed E-state index contributed by atoms with van der Waals surface area (Å²) in [5.41, 5.74) is 2.65. The van der Waals surface area contributed by atoms with Crippen LogP contribution >= 0.6 is 0 Å². The molecule has 0 amide bonds. The lowest BCUT2D eigenvalue weighted by atomic mass is 9.88. The van der Waals surface area contributed by atoms with Crippen LogP contribution in [0.1, 0.15) is 18.3 Å². The largest absolute Gasteiger partial charge is 0.466 e. The molecule has 0 unspecified atom stereocenters. The summed E-state index contributed by atoms with van der Waals surface area (Å²) in [5.74, 6) is 1.05. The zero-order valence-corrected chi connectivity index (χ0v) is 14.6. The number of H-pyrrole nitrogens is 1. The quantitative estimate of drug-likeness (QED) is 0.661. The topological polar surface area (TPSA) is 70.2 Å². The van der Waals surface area contributed by atoms with Gasteiger partial charge in [0.25, 0.3) is 0 Å². The zero-order chi connectivity index (χ0) is 17.3. The number of carbonyl (C=O) groups excluding carboxylic acids is 1. The Labute approximate surface area is 141 Å². The number of likely N-dealkylation sites (tertiary alicyclic amines) is 1. The standard InChI is InChI=1S/C18H24N4O2/c1-12-10-22(3)11-18(12,19-2)17-20-14-7-5-13(9-15(14)21-17)6-8-16(23)24-4/h5-9,12,19H,10-11H2,1-4H3,(H,20,21)/b8-6+/t12-,18-/m1/s1. The normalized spacial score (nSPS) is 24.9. The Morgan fingerprint density at radius 1 is 1.54 bits per heavy atom. The minimum atomic E-state index is -0.364. The summed E-state index contributed by atoms with van der Waals surface area (Å²) in [4.78, 5) is 21.8. The van der Waals surface area contributed by atoms with Gasteiger partial charge < -0.3 is 19.9 Å². The fraction of sp³-hybridized carbons (Fsp3) is 0.444. The molecule has 1 fully saturated rings. The third-order valence-electron chi connectivity index (χ3n) is 4.93. The number of hydrogen-bond acceptors (Lipinski definition) is 5. The molecule has 0 radical (unpaired) electrons. The zero-order valence-electron chi connectivity index (χ0n) is 14.6. The number of rotatable bonds is 4. The number of esters is 1. The number of imidazole rings is 1. The Balaban J connectivity index is 1.97. The number of aromatic nitrogens is 2. The summed E-state index contributed by atoms with van der Waals surface area (Å²) in [5, 5.41) is 3.49. The Morgan fingerprint density at radius 2 is 2.33 bits per heavy atom. The van der Waals surface area contributed by atoms with Crippen molar-refractivity contribution in [1.29, 1.82) is 0 Å². The first-order chi connectivity index (χ1) is 11.5. The van der Waals surface area contributed by atoms with E-state index in [0.29, 0.717) is 5.92 Å². The molecule has 0 saturated carbocycles. The number of aromatic amines is 1. The number of nitrogens with zero attached hydrogens (tertiary/aromatic N) is 2. The summed E-state index contributed by atoms with van der Waals surface area (Å²) < 4.78 is 4.62. The van der Waals surface area contributed by atoms with E-state index in [1.54, 1.807) is 6.08 Å². The molecule has 1 aliphatic heterocycles. The molecule has 6 heteroatoms. The van der Waals surface area contributed by atoms with Crippen molar-refractivity contribution >= 4 is 23.1 Å². The van der Waals surface area contributed by atoms with Gasteiger partial charge in [-0.15, -0.1) is 0 Å². The van der Waals surface area contributed by atoms with Gasteiger partial charge in [-0.1, -0.05) is 13.0 Å². The van der Waals surface area contributed by atoms with Crippen LogP contribution in [-0.4, -0.2) is 55.1 Å². The number of ether oxygens (including phenoxy) is 1. The Bertz CT molecular complexity index is 782. The first-order valence-electron chi connectivity index (χ1n) is 8.12. The number of carbonyl (C=O) groups is 1. The Kier molecular flexibility index (Phi) is 4.43. The highest BCUT2D eigenvalue weighted by Gasteiger charge is 2.45. The minimum Gasteiger partial charge on any atom is -0.466 e. The maximum atomic E-state index is 11.2. The van der Waals surface area contributed by atoms with Gasteiger partial charge in [0.15, 0.2) is 0 Å². The molecule has 3 rings (SSSR count). The van der Waals surface area contributed by atoms with Gasteiger partial charge in [-0.3, -0.25) is 0 Å². The maximum Gasteiger partial charge on any atom is 0.330 e. The van der Waals surface area contributed by atoms with Crippen molar-refractivity contribution in [3.8, 4) is 0 Å². The fourth-order valence-corrected chi connectivity index (χ4v) is 3.60. The fourth-order valence-electron chi connectivity index (χ4n) is 3.60. The second-order valence-corrected chi connectivity index (χ2v) is 6.54. The number of methoxy groups -OCH3 is 1. The van der Waals surface area contributed by atoms with Crippen molar-refractivity contribution in [1.82, 2.24) is 20.2 Å². The number of benzene rings is 1. The third kappa shape index (κ3) is 2.83. The third-order valence-corrected chi connectivity index (χ3v) is 4.93. The van der Waals surface area contributed by atoms with E-state index >= 15 is 0 Å². The number of fused-ring (bicyclic) bond motifs is 1. The lowest BCUT2D eigenvalue weighted by molar-refractivity contribution is -0.134. The van der Waals surface area contributed by atoms with Crippen molar-refractivity contribution in [3.05, 3.63) is 35.7 Å². The molecule has 2 heterocycles. The number of hydrogen-bond donors (Lipinski definition) is 2. The van der Waals surface area contributed by atoms with Crippen LogP contribution < -0.4 is 5.32 Å². The molecular formula is C18H24N4O2. The molecule has 6 nitrogen and oxygen atoms in total. The smallest absolute Gasteiger partial charge is 0.330 e. The molecule has 2 aromatic rings. The van der Waals surface area contributed by atoms with Crippen molar-refractivity contribution in [2.24, 2.45) is 5.92 Å². The average Bonchev–Trinajstić information content (AvgIpc) is 3.12. The molecule has 0 spiro atoms. The lowest BCUT2D eigenvalue weighted by Gasteiger charge is -2.30. The highest BCUT2D eigenvalue weighted by atomic mass is 16.5. The first-order valence-corrected chi connectivity index (χ1v) is 8.12. The van der Waals surface area contributed by atoms with Crippen LogP contribution in [0.4, 0.5) is 0 Å². The van der Waals surface area contributed by atoms with E-state index in [-0.39, 0.29) is 11.5 Å². The van der Waals surface area contributed by atoms with Crippen LogP contribution in [0.2, 0.25) is 0 Å². The first kappa shape index (κ1) is 16.7. The molecule has 1 aliphatic rings. The summed E-state index contributed by atoms with van der Waals surface area (Å²) >= 11 is 0. The van der Waals surface area contributed by atoms with Crippen LogP contribution in [0.5, 0.6) is 0 Å². The van der Waals surface area contributed by atoms with E-state index in [1.807, 2.05) is 25.2 Å². The highest BCUT2D eigenvalue weighted by Crippen LogP contribution is 2.35. The van der Waals surface area contributed by atoms with Crippen molar-refractivity contribution < 1.29 is 9.53 Å². The Hall–Kier alpha value is -2.18. The van der Waals surface area contributed by atoms with Gasteiger partial charge >= 0.3 is 5.97 Å². The van der Waals surface area contributed by atoms with Gasteiger partial charge in [0.05, 0.1) is 23.7 Å². The summed E-state index contributed by atoms with van der Waals surface area (Å²) in [6.07, 6.45) is 3.16. The van der Waals surface area contributed by atoms with E-state index in [1.165, 1.54) is 13.2 Å². The van der Waals surface area contributed by atoms with E-state index in [9.17, 15) is 4.79 Å². The van der Waals surface area contributed by atoms with Crippen LogP contribution in [0.15, 0.2) is 24.3 Å². The van der Waals surface area contributed by atoms with Crippen molar-refractivity contribution in [2.75, 3.05) is 34.3 Å². The van der Waals surface area contributed by atoms with E-state index < -0.39 is 0 Å². The highest BCUT2D eigenvalue weighted by molar-refractivity contribution is 5.88. The monoisotopic (exact) mass is 328 g/mol.